The van der Waals surface area contributed by atoms with Gasteiger partial charge in [0.1, 0.15) is 11.2 Å². The third-order valence-corrected chi connectivity index (χ3v) is 7.66. The van der Waals surface area contributed by atoms with Crippen LogP contribution in [0.4, 0.5) is 11.8 Å². The second-order valence-electron chi connectivity index (χ2n) is 10.1. The van der Waals surface area contributed by atoms with Crippen LogP contribution in [0.3, 0.4) is 0 Å². The van der Waals surface area contributed by atoms with Crippen molar-refractivity contribution in [3.8, 4) is 11.5 Å². The molecule has 204 valence electrons. The zero-order valence-corrected chi connectivity index (χ0v) is 23.1. The van der Waals surface area contributed by atoms with Crippen LogP contribution < -0.4 is 25.4 Å². The third kappa shape index (κ3) is 7.29. The van der Waals surface area contributed by atoms with Crippen molar-refractivity contribution >= 4 is 40.2 Å². The minimum absolute atomic E-state index is 0.161. The highest BCUT2D eigenvalue weighted by Crippen LogP contribution is 2.35. The second-order valence-corrected chi connectivity index (χ2v) is 10.7. The first kappa shape index (κ1) is 27.5. The van der Waals surface area contributed by atoms with E-state index in [2.05, 4.69) is 20.9 Å². The normalized spacial score (nSPS) is 18.4. The maximum Gasteiger partial charge on any atom is 0.237 e. The highest BCUT2D eigenvalue weighted by Gasteiger charge is 2.27. The van der Waals surface area contributed by atoms with Crippen LogP contribution in [0.2, 0.25) is 0 Å². The summed E-state index contributed by atoms with van der Waals surface area (Å²) >= 11 is 5.81. The Morgan fingerprint density at radius 1 is 1.05 bits per heavy atom. The topological polar surface area (TPSA) is 101 Å². The predicted octanol–water partition coefficient (Wildman–Crippen LogP) is 4.40. The molecule has 1 saturated heterocycles. The largest absolute Gasteiger partial charge is 0.493 e. The zero-order valence-electron chi connectivity index (χ0n) is 22.3. The molecule has 2 fully saturated rings. The van der Waals surface area contributed by atoms with Gasteiger partial charge in [-0.15, -0.1) is 11.6 Å². The Bertz CT molecular complexity index is 1040. The Hall–Kier alpha value is -2.52. The van der Waals surface area contributed by atoms with Gasteiger partial charge >= 0.3 is 0 Å². The average molecular weight is 533 g/mol. The molecule has 1 aliphatic heterocycles. The Balaban J connectivity index is 1.45. The van der Waals surface area contributed by atoms with Gasteiger partial charge in [0.25, 0.3) is 0 Å². The molecule has 0 radical (unpaired) electrons. The van der Waals surface area contributed by atoms with E-state index >= 15 is 0 Å². The summed E-state index contributed by atoms with van der Waals surface area (Å²) in [4.78, 5) is 23.9. The number of amides is 1. The van der Waals surface area contributed by atoms with Crippen LogP contribution in [0.1, 0.15) is 58.3 Å². The van der Waals surface area contributed by atoms with Gasteiger partial charge in [-0.1, -0.05) is 19.3 Å². The minimum Gasteiger partial charge on any atom is -0.493 e. The van der Waals surface area contributed by atoms with Gasteiger partial charge in [-0.3, -0.25) is 4.79 Å². The lowest BCUT2D eigenvalue weighted by molar-refractivity contribution is -0.120. The molecule has 1 aliphatic carbocycles. The Kier molecular flexibility index (Phi) is 9.91. The van der Waals surface area contributed by atoms with Gasteiger partial charge in [0.05, 0.1) is 19.7 Å². The first-order valence-corrected chi connectivity index (χ1v) is 14.0. The number of methoxy groups -OCH3 is 2. The van der Waals surface area contributed by atoms with Gasteiger partial charge in [-0.2, -0.15) is 4.98 Å². The molecule has 37 heavy (non-hydrogen) atoms. The van der Waals surface area contributed by atoms with E-state index in [1.54, 1.807) is 21.1 Å². The number of hydrogen-bond donors (Lipinski definition) is 3. The maximum atomic E-state index is 11.7. The molecule has 0 spiro atoms. The number of nitrogens with zero attached hydrogens (tertiary/aromatic N) is 3. The zero-order chi connectivity index (χ0) is 26.2. The number of likely N-dealkylation sites (tertiary alicyclic amines) is 1. The fourth-order valence-corrected chi connectivity index (χ4v) is 5.41. The molecule has 2 aliphatic rings. The molecule has 1 aromatic carbocycles. The summed E-state index contributed by atoms with van der Waals surface area (Å²) in [6.07, 6.45) is 9.74. The van der Waals surface area contributed by atoms with Crippen LogP contribution in [-0.4, -0.2) is 78.6 Å². The van der Waals surface area contributed by atoms with Crippen LogP contribution in [-0.2, 0) is 4.79 Å². The molecule has 2 heterocycles. The SMILES string of the molecule is COc1cc2nc(NCCCNC(=O)C(C)Cl)nc(NC3CCN(C4CCCCC4)CC3)c2cc1OC. The molecular weight excluding hydrogens is 492 g/mol. The van der Waals surface area contributed by atoms with Gasteiger partial charge in [0.15, 0.2) is 11.5 Å². The fourth-order valence-electron chi connectivity index (χ4n) is 5.33. The first-order chi connectivity index (χ1) is 18.0. The molecular formula is C27H41ClN6O3. The van der Waals surface area contributed by atoms with E-state index < -0.39 is 5.38 Å². The summed E-state index contributed by atoms with van der Waals surface area (Å²) in [6, 6.07) is 4.95. The van der Waals surface area contributed by atoms with Crippen LogP contribution in [0.25, 0.3) is 10.9 Å². The predicted molar refractivity (Wildman–Crippen MR) is 149 cm³/mol. The van der Waals surface area contributed by atoms with Crippen LogP contribution in [0, 0.1) is 0 Å². The van der Waals surface area contributed by atoms with E-state index in [9.17, 15) is 4.79 Å². The summed E-state index contributed by atoms with van der Waals surface area (Å²) < 4.78 is 11.1. The van der Waals surface area contributed by atoms with Crippen molar-refractivity contribution in [3.63, 3.8) is 0 Å². The summed E-state index contributed by atoms with van der Waals surface area (Å²) in [5.74, 6) is 2.46. The Labute approximate surface area is 225 Å². The van der Waals surface area contributed by atoms with Crippen LogP contribution in [0.15, 0.2) is 12.1 Å². The number of benzene rings is 1. The lowest BCUT2D eigenvalue weighted by Gasteiger charge is -2.39. The van der Waals surface area contributed by atoms with Crippen molar-refractivity contribution in [2.24, 2.45) is 0 Å². The molecule has 2 aromatic rings. The molecule has 4 rings (SSSR count). The summed E-state index contributed by atoms with van der Waals surface area (Å²) in [5.41, 5.74) is 0.779. The number of ether oxygens (including phenoxy) is 2. The van der Waals surface area contributed by atoms with Crippen molar-refractivity contribution < 1.29 is 14.3 Å². The number of nitrogens with one attached hydrogen (secondary N) is 3. The van der Waals surface area contributed by atoms with E-state index in [4.69, 9.17) is 31.0 Å². The van der Waals surface area contributed by atoms with Crippen molar-refractivity contribution in [2.45, 2.75) is 75.8 Å². The van der Waals surface area contributed by atoms with E-state index in [1.165, 1.54) is 32.1 Å². The molecule has 1 amide bonds. The molecule has 0 bridgehead atoms. The molecule has 1 unspecified atom stereocenters. The lowest BCUT2D eigenvalue weighted by atomic mass is 9.92. The number of halogens is 1. The summed E-state index contributed by atoms with van der Waals surface area (Å²) in [7, 11) is 3.26. The molecule has 1 atom stereocenters. The molecule has 1 aromatic heterocycles. The average Bonchev–Trinajstić information content (AvgIpc) is 2.92. The number of carbonyl (C=O) groups is 1. The number of piperidine rings is 1. The minimum atomic E-state index is -0.535. The molecule has 9 nitrogen and oxygen atoms in total. The van der Waals surface area contributed by atoms with E-state index in [-0.39, 0.29) is 5.91 Å². The van der Waals surface area contributed by atoms with Crippen molar-refractivity contribution in [1.82, 2.24) is 20.2 Å². The van der Waals surface area contributed by atoms with Gasteiger partial charge in [-0.25, -0.2) is 4.98 Å². The number of hydrogen-bond acceptors (Lipinski definition) is 8. The number of rotatable bonds is 11. The van der Waals surface area contributed by atoms with Crippen molar-refractivity contribution in [2.75, 3.05) is 51.0 Å². The third-order valence-electron chi connectivity index (χ3n) is 7.46. The monoisotopic (exact) mass is 532 g/mol. The molecule has 1 saturated carbocycles. The van der Waals surface area contributed by atoms with E-state index in [1.807, 2.05) is 12.1 Å². The number of aromatic nitrogens is 2. The first-order valence-electron chi connectivity index (χ1n) is 13.6. The standard InChI is InChI=1S/C27H41ClN6O3/c1-18(28)26(35)29-12-7-13-30-27-32-22-17-24(37-3)23(36-2)16-21(22)25(33-27)31-19-10-14-34(15-11-19)20-8-5-4-6-9-20/h16-20H,4-15H2,1-3H3,(H,29,35)(H2,30,31,32,33). The van der Waals surface area contributed by atoms with Crippen molar-refractivity contribution in [1.29, 1.82) is 0 Å². The highest BCUT2D eigenvalue weighted by atomic mass is 35.5. The summed E-state index contributed by atoms with van der Waals surface area (Å²) in [5, 5.41) is 10.2. The summed E-state index contributed by atoms with van der Waals surface area (Å²) in [6.45, 7) is 5.07. The maximum absolute atomic E-state index is 11.7. The smallest absolute Gasteiger partial charge is 0.237 e. The number of alkyl halides is 1. The molecule has 3 N–H and O–H groups in total. The van der Waals surface area contributed by atoms with Gasteiger partial charge in [-0.05, 0) is 45.1 Å². The van der Waals surface area contributed by atoms with E-state index in [0.717, 1.165) is 55.1 Å². The van der Waals surface area contributed by atoms with Crippen molar-refractivity contribution in [3.05, 3.63) is 12.1 Å². The Morgan fingerprint density at radius 3 is 2.43 bits per heavy atom. The van der Waals surface area contributed by atoms with Crippen LogP contribution >= 0.6 is 11.6 Å². The van der Waals surface area contributed by atoms with E-state index in [0.29, 0.717) is 36.6 Å². The molecule has 10 heteroatoms. The second kappa shape index (κ2) is 13.3. The fraction of sp³-hybridized carbons (Fsp3) is 0.667. The highest BCUT2D eigenvalue weighted by molar-refractivity contribution is 6.30. The van der Waals surface area contributed by atoms with Gasteiger partial charge in [0.2, 0.25) is 11.9 Å². The number of fused-ring (bicyclic) bond motifs is 1. The van der Waals surface area contributed by atoms with Gasteiger partial charge < -0.3 is 30.3 Å². The van der Waals surface area contributed by atoms with Gasteiger partial charge in [0, 0.05) is 49.7 Å². The number of anilines is 2. The lowest BCUT2D eigenvalue weighted by Crippen LogP contribution is -2.45. The Morgan fingerprint density at radius 2 is 1.76 bits per heavy atom. The quantitative estimate of drug-likeness (QED) is 0.289. The van der Waals surface area contributed by atoms with Crippen LogP contribution in [0.5, 0.6) is 11.5 Å². The number of carbonyl (C=O) groups excluding carboxylic acids is 1.